The molecule has 0 aliphatic carbocycles. The molecule has 2 N–H and O–H groups in total. The summed E-state index contributed by atoms with van der Waals surface area (Å²) in [6.45, 7) is 4.99. The molecule has 1 saturated heterocycles. The van der Waals surface area contributed by atoms with Crippen LogP contribution in [-0.4, -0.2) is 51.2 Å². The molecule has 0 saturated carbocycles. The first-order chi connectivity index (χ1) is 23.0. The first-order valence-corrected chi connectivity index (χ1v) is 18.0. The molecule has 15 heteroatoms. The monoisotopic (exact) mass is 733 g/mol. The van der Waals surface area contributed by atoms with Gasteiger partial charge < -0.3 is 14.8 Å². The van der Waals surface area contributed by atoms with Gasteiger partial charge >= 0.3 is 6.09 Å². The molecule has 3 unspecified atom stereocenters. The highest BCUT2D eigenvalue weighted by molar-refractivity contribution is 7.89. The molecule has 260 valence electrons. The van der Waals surface area contributed by atoms with Crippen molar-refractivity contribution in [1.82, 2.24) is 10.0 Å². The van der Waals surface area contributed by atoms with Crippen molar-refractivity contribution in [3.05, 3.63) is 92.7 Å². The van der Waals surface area contributed by atoms with Gasteiger partial charge in [-0.05, 0) is 78.9 Å². The molecule has 0 radical (unpaired) electrons. The molecule has 4 amide bonds. The lowest BCUT2D eigenvalue weighted by atomic mass is 9.58. The Morgan fingerprint density at radius 2 is 1.69 bits per heavy atom. The molecular weight excluding hydrogens is 700 g/mol. The number of imide groups is 1. The first kappa shape index (κ1) is 36.1. The number of benzene rings is 3. The van der Waals surface area contributed by atoms with E-state index in [2.05, 4.69) is 5.32 Å². The summed E-state index contributed by atoms with van der Waals surface area (Å²) in [7, 11) is -2.87. The van der Waals surface area contributed by atoms with Crippen molar-refractivity contribution in [2.75, 3.05) is 18.3 Å². The van der Waals surface area contributed by atoms with Gasteiger partial charge in [-0.3, -0.25) is 14.4 Å². The number of ether oxygens (including phenoxy) is 2. The van der Waals surface area contributed by atoms with Gasteiger partial charge in [-0.15, -0.1) is 0 Å². The van der Waals surface area contributed by atoms with Crippen molar-refractivity contribution in [3.63, 3.8) is 0 Å². The largest absolute Gasteiger partial charge is 0.477 e. The summed E-state index contributed by atoms with van der Waals surface area (Å²) >= 11 is 12.9. The van der Waals surface area contributed by atoms with Crippen LogP contribution in [0.1, 0.15) is 67.3 Å². The van der Waals surface area contributed by atoms with Crippen LogP contribution in [0.2, 0.25) is 10.0 Å². The van der Waals surface area contributed by atoms with Gasteiger partial charge in [-0.1, -0.05) is 49.2 Å². The molecule has 1 fully saturated rings. The van der Waals surface area contributed by atoms with Gasteiger partial charge in [0.25, 0.3) is 5.91 Å². The Labute approximate surface area is 293 Å². The van der Waals surface area contributed by atoms with E-state index in [1.807, 2.05) is 4.72 Å². The van der Waals surface area contributed by atoms with Crippen LogP contribution in [0.25, 0.3) is 0 Å². The molecule has 3 aromatic carbocycles. The number of rotatable bonds is 8. The van der Waals surface area contributed by atoms with E-state index in [4.69, 9.17) is 32.7 Å². The summed E-state index contributed by atoms with van der Waals surface area (Å²) in [5.41, 5.74) is -2.17. The van der Waals surface area contributed by atoms with Crippen LogP contribution in [0.5, 0.6) is 5.75 Å². The molecule has 3 atom stereocenters. The number of fused-ring (bicyclic) bond motifs is 2. The zero-order chi connectivity index (χ0) is 36.1. The number of halogens is 3. The van der Waals surface area contributed by atoms with Gasteiger partial charge in [0.2, 0.25) is 21.8 Å². The summed E-state index contributed by atoms with van der Waals surface area (Å²) in [6.07, 6.45) is -0.455. The number of sulfonamides is 1. The highest BCUT2D eigenvalue weighted by atomic mass is 35.5. The van der Waals surface area contributed by atoms with E-state index < -0.39 is 62.6 Å². The number of amides is 4. The van der Waals surface area contributed by atoms with Crippen molar-refractivity contribution in [1.29, 1.82) is 0 Å². The average Bonchev–Trinajstić information content (AvgIpc) is 3.28. The molecule has 3 aromatic rings. The summed E-state index contributed by atoms with van der Waals surface area (Å²) in [6, 6.07) is 11.7. The molecule has 1 spiro atoms. The van der Waals surface area contributed by atoms with E-state index >= 15 is 4.79 Å². The smallest absolute Gasteiger partial charge is 0.420 e. The molecule has 2 aliphatic rings. The fourth-order valence-corrected chi connectivity index (χ4v) is 7.81. The van der Waals surface area contributed by atoms with Gasteiger partial charge in [0.1, 0.15) is 17.0 Å². The van der Waals surface area contributed by atoms with Crippen LogP contribution < -0.4 is 19.7 Å². The van der Waals surface area contributed by atoms with Crippen molar-refractivity contribution >= 4 is 62.7 Å². The van der Waals surface area contributed by atoms with Gasteiger partial charge in [-0.2, -0.15) is 0 Å². The second-order valence-electron chi connectivity index (χ2n) is 12.1. The third-order valence-electron chi connectivity index (χ3n) is 9.30. The van der Waals surface area contributed by atoms with E-state index in [1.165, 1.54) is 48.5 Å². The lowest BCUT2D eigenvalue weighted by molar-refractivity contribution is -0.136. The molecule has 0 aromatic heterocycles. The average molecular weight is 735 g/mol. The third-order valence-corrected chi connectivity index (χ3v) is 10.3. The van der Waals surface area contributed by atoms with Crippen molar-refractivity contribution in [2.24, 2.45) is 0 Å². The second-order valence-corrected chi connectivity index (χ2v) is 14.7. The maximum absolute atomic E-state index is 15.1. The van der Waals surface area contributed by atoms with Crippen LogP contribution in [-0.2, 0) is 34.6 Å². The molecule has 2 heterocycles. The standard InChI is InChI=1S/C34H34Cl2FN3O8S/c1-6-33(7-2,30(42)39-49(5,45)46)48-27-13-10-19(35)14-23(27)25-17-28(41)38-29(22-16-21(37)11-8-18(22)3)34(25)24-12-9-20(36)15-26(24)40(31(34)43)32(44)47-4/h8-16,25,29H,6-7,17H2,1-5H3,(H,38,41)(H,39,42). The van der Waals surface area contributed by atoms with Crippen LogP contribution >= 0.6 is 23.2 Å². The molecule has 0 bridgehead atoms. The number of aryl methyl sites for hydroxylation is 1. The number of anilines is 1. The molecule has 5 rings (SSSR count). The van der Waals surface area contributed by atoms with Crippen molar-refractivity contribution in [2.45, 2.75) is 63.0 Å². The number of methoxy groups -OCH3 is 1. The van der Waals surface area contributed by atoms with Gasteiger partial charge in [0.05, 0.1) is 25.1 Å². The quantitative estimate of drug-likeness (QED) is 0.293. The van der Waals surface area contributed by atoms with Crippen LogP contribution in [0.3, 0.4) is 0 Å². The highest BCUT2D eigenvalue weighted by Crippen LogP contribution is 2.61. The number of hydrogen-bond donors (Lipinski definition) is 2. The minimum Gasteiger partial charge on any atom is -0.477 e. The Morgan fingerprint density at radius 1 is 1.04 bits per heavy atom. The fourth-order valence-electron chi connectivity index (χ4n) is 6.94. The number of carbonyl (C=O) groups is 4. The Bertz CT molecular complexity index is 1990. The highest BCUT2D eigenvalue weighted by Gasteiger charge is 2.65. The maximum Gasteiger partial charge on any atom is 0.420 e. The van der Waals surface area contributed by atoms with Gasteiger partial charge in [0.15, 0.2) is 5.60 Å². The van der Waals surface area contributed by atoms with E-state index in [0.717, 1.165) is 18.3 Å². The lowest BCUT2D eigenvalue weighted by Gasteiger charge is -2.47. The first-order valence-electron chi connectivity index (χ1n) is 15.3. The number of piperidine rings is 1. The number of nitrogens with one attached hydrogen (secondary N) is 2. The topological polar surface area (TPSA) is 148 Å². The normalized spacial score (nSPS) is 20.5. The predicted octanol–water partition coefficient (Wildman–Crippen LogP) is 5.85. The van der Waals surface area contributed by atoms with Crippen LogP contribution in [0.4, 0.5) is 14.9 Å². The number of carbonyl (C=O) groups excluding carboxylic acids is 4. The minimum atomic E-state index is -3.98. The molecule has 49 heavy (non-hydrogen) atoms. The summed E-state index contributed by atoms with van der Waals surface area (Å²) in [5.74, 6) is -3.98. The second kappa shape index (κ2) is 13.3. The van der Waals surface area contributed by atoms with E-state index in [1.54, 1.807) is 26.8 Å². The summed E-state index contributed by atoms with van der Waals surface area (Å²) < 4.78 is 52.6. The van der Waals surface area contributed by atoms with E-state index in [0.29, 0.717) is 5.56 Å². The fraction of sp³-hybridized carbons (Fsp3) is 0.353. The van der Waals surface area contributed by atoms with Crippen LogP contribution in [0, 0.1) is 12.7 Å². The molecule has 11 nitrogen and oxygen atoms in total. The Hall–Kier alpha value is -4.20. The summed E-state index contributed by atoms with van der Waals surface area (Å²) in [5, 5.41) is 3.29. The molecule has 2 aliphatic heterocycles. The third kappa shape index (κ3) is 6.23. The Kier molecular flexibility index (Phi) is 9.76. The van der Waals surface area contributed by atoms with Gasteiger partial charge in [0, 0.05) is 27.9 Å². The van der Waals surface area contributed by atoms with E-state index in [-0.39, 0.29) is 57.4 Å². The minimum absolute atomic E-state index is 0.0324. The predicted molar refractivity (Wildman–Crippen MR) is 181 cm³/mol. The van der Waals surface area contributed by atoms with Crippen molar-refractivity contribution < 1.29 is 41.5 Å². The van der Waals surface area contributed by atoms with E-state index in [9.17, 15) is 27.2 Å². The van der Waals surface area contributed by atoms with Gasteiger partial charge in [-0.25, -0.2) is 27.2 Å². The maximum atomic E-state index is 15.1. The summed E-state index contributed by atoms with van der Waals surface area (Å²) in [4.78, 5) is 56.4. The molecular formula is C34H34Cl2FN3O8S. The lowest BCUT2D eigenvalue weighted by Crippen LogP contribution is -2.59. The Balaban J connectivity index is 1.85. The zero-order valence-electron chi connectivity index (χ0n) is 27.2. The zero-order valence-corrected chi connectivity index (χ0v) is 29.6. The van der Waals surface area contributed by atoms with Crippen molar-refractivity contribution in [3.8, 4) is 5.75 Å². The Morgan fingerprint density at radius 3 is 2.33 bits per heavy atom. The SMILES string of the molecule is CCC(CC)(Oc1ccc(Cl)cc1C1CC(=O)NC(c2cc(F)ccc2C)C12C(=O)N(C(=O)OC)c1cc(Cl)ccc12)C(=O)NS(C)(=O)=O. The number of hydrogen-bond acceptors (Lipinski definition) is 8. The number of nitrogens with zero attached hydrogens (tertiary/aromatic N) is 1. The van der Waals surface area contributed by atoms with Crippen LogP contribution in [0.15, 0.2) is 54.6 Å².